The van der Waals surface area contributed by atoms with Crippen molar-refractivity contribution in [3.05, 3.63) is 65.2 Å². The summed E-state index contributed by atoms with van der Waals surface area (Å²) in [5.41, 5.74) is 1.46. The van der Waals surface area contributed by atoms with Gasteiger partial charge in [-0.3, -0.25) is 9.59 Å². The number of aliphatic hydroxyl groups excluding tert-OH is 1. The Labute approximate surface area is 136 Å². The highest BCUT2D eigenvalue weighted by Crippen LogP contribution is 2.31. The van der Waals surface area contributed by atoms with Gasteiger partial charge in [0.05, 0.1) is 12.1 Å². The number of rotatable bonds is 2. The second-order valence-electron chi connectivity index (χ2n) is 5.53. The van der Waals surface area contributed by atoms with Crippen molar-refractivity contribution in [2.45, 2.75) is 18.6 Å². The smallest absolute Gasteiger partial charge is 0.313 e. The van der Waals surface area contributed by atoms with Crippen molar-refractivity contribution in [2.24, 2.45) is 0 Å². The second kappa shape index (κ2) is 6.37. The number of fused-ring (bicyclic) bond motifs is 1. The number of nitrogens with one attached hydrogen (secondary N) is 2. The number of aliphatic hydroxyl groups is 1. The van der Waals surface area contributed by atoms with Crippen LogP contribution in [-0.2, 0) is 16.0 Å². The Hall–Kier alpha value is -2.80. The summed E-state index contributed by atoms with van der Waals surface area (Å²) in [5.74, 6) is -3.81. The first-order valence-electron chi connectivity index (χ1n) is 7.28. The first kappa shape index (κ1) is 16.1. The van der Waals surface area contributed by atoms with E-state index in [-0.39, 0.29) is 5.69 Å². The quantitative estimate of drug-likeness (QED) is 0.732. The van der Waals surface area contributed by atoms with E-state index in [1.165, 1.54) is 0 Å². The molecule has 0 aromatic heterocycles. The van der Waals surface area contributed by atoms with Crippen molar-refractivity contribution in [1.82, 2.24) is 5.32 Å². The van der Waals surface area contributed by atoms with Crippen LogP contribution in [0.25, 0.3) is 0 Å². The van der Waals surface area contributed by atoms with Gasteiger partial charge in [0.2, 0.25) is 0 Å². The van der Waals surface area contributed by atoms with Crippen molar-refractivity contribution < 1.29 is 23.5 Å². The van der Waals surface area contributed by atoms with Gasteiger partial charge in [0.1, 0.15) is 11.6 Å². The molecule has 2 aromatic carbocycles. The van der Waals surface area contributed by atoms with E-state index in [9.17, 15) is 23.5 Å². The summed E-state index contributed by atoms with van der Waals surface area (Å²) >= 11 is 0. The summed E-state index contributed by atoms with van der Waals surface area (Å²) in [4.78, 5) is 23.9. The minimum absolute atomic E-state index is 0.167. The molecule has 0 saturated heterocycles. The van der Waals surface area contributed by atoms with Gasteiger partial charge in [0.15, 0.2) is 0 Å². The van der Waals surface area contributed by atoms with Gasteiger partial charge in [-0.1, -0.05) is 24.3 Å². The van der Waals surface area contributed by atoms with Crippen molar-refractivity contribution in [1.29, 1.82) is 0 Å². The largest absolute Gasteiger partial charge is 0.390 e. The number of benzene rings is 2. The zero-order valence-corrected chi connectivity index (χ0v) is 12.4. The first-order valence-corrected chi connectivity index (χ1v) is 7.28. The topological polar surface area (TPSA) is 78.4 Å². The van der Waals surface area contributed by atoms with E-state index in [4.69, 9.17) is 0 Å². The maximum atomic E-state index is 13.1. The molecule has 1 aliphatic carbocycles. The van der Waals surface area contributed by atoms with E-state index in [2.05, 4.69) is 10.6 Å². The van der Waals surface area contributed by atoms with Gasteiger partial charge in [-0.05, 0) is 23.3 Å². The van der Waals surface area contributed by atoms with Gasteiger partial charge in [0.25, 0.3) is 0 Å². The maximum absolute atomic E-state index is 13.1. The van der Waals surface area contributed by atoms with Gasteiger partial charge in [-0.2, -0.15) is 0 Å². The molecule has 0 spiro atoms. The molecule has 5 nitrogen and oxygen atoms in total. The fraction of sp³-hybridized carbons (Fsp3) is 0.176. The molecule has 3 N–H and O–H groups in total. The number of carbonyl (C=O) groups excluding carboxylic acids is 2. The highest BCUT2D eigenvalue weighted by molar-refractivity contribution is 6.39. The molecular formula is C17H14F2N2O3. The first-order chi connectivity index (χ1) is 11.4. The molecule has 0 fully saturated rings. The maximum Gasteiger partial charge on any atom is 0.313 e. The average molecular weight is 332 g/mol. The van der Waals surface area contributed by atoms with E-state index in [0.717, 1.165) is 23.3 Å². The van der Waals surface area contributed by atoms with E-state index in [1.807, 2.05) is 12.1 Å². The lowest BCUT2D eigenvalue weighted by molar-refractivity contribution is -0.137. The third-order valence-electron chi connectivity index (χ3n) is 3.82. The van der Waals surface area contributed by atoms with E-state index in [1.54, 1.807) is 12.1 Å². The third kappa shape index (κ3) is 3.26. The minimum Gasteiger partial charge on any atom is -0.390 e. The lowest BCUT2D eigenvalue weighted by atomic mass is 10.1. The van der Waals surface area contributed by atoms with E-state index < -0.39 is 35.6 Å². The number of halogens is 2. The molecule has 1 aliphatic rings. The molecule has 124 valence electrons. The zero-order chi connectivity index (χ0) is 17.3. The third-order valence-corrected chi connectivity index (χ3v) is 3.82. The van der Waals surface area contributed by atoms with Crippen LogP contribution < -0.4 is 10.6 Å². The van der Waals surface area contributed by atoms with Crippen LogP contribution in [-0.4, -0.2) is 23.0 Å². The lowest BCUT2D eigenvalue weighted by Gasteiger charge is -2.17. The molecular weight excluding hydrogens is 318 g/mol. The molecule has 2 amide bonds. The predicted octanol–water partition coefficient (Wildman–Crippen LogP) is 1.68. The fourth-order valence-electron chi connectivity index (χ4n) is 2.77. The van der Waals surface area contributed by atoms with E-state index >= 15 is 0 Å². The molecule has 2 atom stereocenters. The summed E-state index contributed by atoms with van der Waals surface area (Å²) in [6.07, 6.45) is -0.469. The van der Waals surface area contributed by atoms with Gasteiger partial charge in [0, 0.05) is 18.2 Å². The Morgan fingerprint density at radius 2 is 1.71 bits per heavy atom. The highest BCUT2D eigenvalue weighted by Gasteiger charge is 2.33. The zero-order valence-electron chi connectivity index (χ0n) is 12.4. The van der Waals surface area contributed by atoms with Crippen LogP contribution in [0, 0.1) is 11.6 Å². The normalized spacial score (nSPS) is 18.8. The summed E-state index contributed by atoms with van der Waals surface area (Å²) in [6, 6.07) is 8.93. The fourth-order valence-corrected chi connectivity index (χ4v) is 2.77. The lowest BCUT2D eigenvalue weighted by Crippen LogP contribution is -2.40. The molecule has 0 saturated carbocycles. The Bertz CT molecular complexity index is 790. The van der Waals surface area contributed by atoms with Gasteiger partial charge < -0.3 is 15.7 Å². The van der Waals surface area contributed by atoms with Crippen LogP contribution >= 0.6 is 0 Å². The minimum atomic E-state index is -1.07. The molecule has 2 aromatic rings. The molecule has 2 unspecified atom stereocenters. The average Bonchev–Trinajstić information content (AvgIpc) is 2.82. The van der Waals surface area contributed by atoms with Crippen molar-refractivity contribution >= 4 is 17.5 Å². The number of anilines is 1. The molecule has 0 radical (unpaired) electrons. The molecule has 0 bridgehead atoms. The van der Waals surface area contributed by atoms with Crippen molar-refractivity contribution in [3.63, 3.8) is 0 Å². The summed E-state index contributed by atoms with van der Waals surface area (Å²) in [7, 11) is 0. The molecule has 24 heavy (non-hydrogen) atoms. The predicted molar refractivity (Wildman–Crippen MR) is 82.0 cm³/mol. The summed E-state index contributed by atoms with van der Waals surface area (Å²) in [5, 5.41) is 14.6. The summed E-state index contributed by atoms with van der Waals surface area (Å²) in [6.45, 7) is 0. The molecule has 0 aliphatic heterocycles. The Kier molecular flexibility index (Phi) is 4.26. The number of carbonyl (C=O) groups is 2. The van der Waals surface area contributed by atoms with E-state index in [0.29, 0.717) is 12.5 Å². The second-order valence-corrected chi connectivity index (χ2v) is 5.53. The van der Waals surface area contributed by atoms with Gasteiger partial charge >= 0.3 is 11.8 Å². The molecule has 7 heteroatoms. The Morgan fingerprint density at radius 3 is 2.42 bits per heavy atom. The van der Waals surface area contributed by atoms with Crippen LogP contribution in [0.4, 0.5) is 14.5 Å². The van der Waals surface area contributed by atoms with Crippen LogP contribution in [0.2, 0.25) is 0 Å². The monoisotopic (exact) mass is 332 g/mol. The number of amides is 2. The SMILES string of the molecule is O=C(Nc1cc(F)cc(F)c1)C(=O)NC1c2ccccc2CC1O. The molecule has 0 heterocycles. The van der Waals surface area contributed by atoms with Crippen LogP contribution in [0.1, 0.15) is 17.2 Å². The molecule has 3 rings (SSSR count). The van der Waals surface area contributed by atoms with Crippen molar-refractivity contribution in [2.75, 3.05) is 5.32 Å². The number of hydrogen-bond acceptors (Lipinski definition) is 3. The van der Waals surface area contributed by atoms with Crippen LogP contribution in [0.5, 0.6) is 0 Å². The van der Waals surface area contributed by atoms with Gasteiger partial charge in [-0.25, -0.2) is 8.78 Å². The standard InChI is InChI=1S/C17H14F2N2O3/c18-10-6-11(19)8-12(7-10)20-16(23)17(24)21-15-13-4-2-1-3-9(13)5-14(15)22/h1-4,6-8,14-15,22H,5H2,(H,20,23)(H,21,24). The number of hydrogen-bond donors (Lipinski definition) is 3. The van der Waals surface area contributed by atoms with Gasteiger partial charge in [-0.15, -0.1) is 0 Å². The van der Waals surface area contributed by atoms with Crippen molar-refractivity contribution in [3.8, 4) is 0 Å². The van der Waals surface area contributed by atoms with Crippen LogP contribution in [0.3, 0.4) is 0 Å². The summed E-state index contributed by atoms with van der Waals surface area (Å²) < 4.78 is 26.2. The Morgan fingerprint density at radius 1 is 1.04 bits per heavy atom. The Balaban J connectivity index is 1.70. The van der Waals surface area contributed by atoms with Crippen LogP contribution in [0.15, 0.2) is 42.5 Å². The highest BCUT2D eigenvalue weighted by atomic mass is 19.1.